The highest BCUT2D eigenvalue weighted by molar-refractivity contribution is 5.94. The number of rotatable bonds is 4. The molecule has 33 heavy (non-hydrogen) atoms. The van der Waals surface area contributed by atoms with Crippen LogP contribution in [0.2, 0.25) is 0 Å². The quantitative estimate of drug-likeness (QED) is 0.444. The molecule has 3 heterocycles. The van der Waals surface area contributed by atoms with Crippen molar-refractivity contribution >= 4 is 17.4 Å². The Kier molecular flexibility index (Phi) is 5.23. The predicted octanol–water partition coefficient (Wildman–Crippen LogP) is 2.90. The van der Waals surface area contributed by atoms with E-state index in [0.717, 1.165) is 29.8 Å². The van der Waals surface area contributed by atoms with Crippen LogP contribution in [0.5, 0.6) is 0 Å². The number of anilines is 1. The first-order valence-corrected chi connectivity index (χ1v) is 10.6. The smallest absolute Gasteiger partial charge is 0.287 e. The van der Waals surface area contributed by atoms with Gasteiger partial charge in [-0.1, -0.05) is 0 Å². The Morgan fingerprint density at radius 3 is 2.48 bits per heavy atom. The highest BCUT2D eigenvalue weighted by Crippen LogP contribution is 2.29. The van der Waals surface area contributed by atoms with Crippen molar-refractivity contribution in [2.75, 3.05) is 31.1 Å². The number of aromatic nitrogens is 3. The topological polar surface area (TPSA) is 97.4 Å². The molecular formula is C22H20F2N6O3. The van der Waals surface area contributed by atoms with E-state index < -0.39 is 16.6 Å². The van der Waals surface area contributed by atoms with Gasteiger partial charge in [-0.25, -0.2) is 18.4 Å². The fraction of sp³-hybridized carbons (Fsp3) is 0.318. The Hall–Kier alpha value is -3.89. The SMILES string of the molecule is O=C(c1nn(-c2ccc(F)c(F)c2)c2c1CCC2)N1CCN(c2ccc([N+](=O)[O-])cn2)CC1. The summed E-state index contributed by atoms with van der Waals surface area (Å²) < 4.78 is 28.7. The third-order valence-corrected chi connectivity index (χ3v) is 6.11. The Morgan fingerprint density at radius 2 is 1.82 bits per heavy atom. The minimum atomic E-state index is -0.960. The zero-order chi connectivity index (χ0) is 23.1. The molecular weight excluding hydrogens is 434 g/mol. The number of amides is 1. The Balaban J connectivity index is 1.33. The van der Waals surface area contributed by atoms with E-state index in [0.29, 0.717) is 56.2 Å². The van der Waals surface area contributed by atoms with Crippen LogP contribution < -0.4 is 4.90 Å². The largest absolute Gasteiger partial charge is 0.353 e. The van der Waals surface area contributed by atoms with Crippen LogP contribution in [0.4, 0.5) is 20.3 Å². The minimum Gasteiger partial charge on any atom is -0.353 e. The van der Waals surface area contributed by atoms with Gasteiger partial charge in [-0.3, -0.25) is 14.9 Å². The number of pyridine rings is 1. The highest BCUT2D eigenvalue weighted by Gasteiger charge is 2.31. The van der Waals surface area contributed by atoms with Gasteiger partial charge in [-0.2, -0.15) is 5.10 Å². The van der Waals surface area contributed by atoms with E-state index in [2.05, 4.69) is 10.1 Å². The molecule has 1 fully saturated rings. The lowest BCUT2D eigenvalue weighted by molar-refractivity contribution is -0.385. The van der Waals surface area contributed by atoms with E-state index >= 15 is 0 Å². The third-order valence-electron chi connectivity index (χ3n) is 6.11. The summed E-state index contributed by atoms with van der Waals surface area (Å²) in [7, 11) is 0. The molecule has 1 aliphatic heterocycles. The first kappa shape index (κ1) is 21.0. The van der Waals surface area contributed by atoms with Crippen LogP contribution in [-0.2, 0) is 12.8 Å². The predicted molar refractivity (Wildman–Crippen MR) is 115 cm³/mol. The molecule has 1 aromatic carbocycles. The Bertz CT molecular complexity index is 1240. The summed E-state index contributed by atoms with van der Waals surface area (Å²) in [6.07, 6.45) is 3.53. The number of carbonyl (C=O) groups is 1. The highest BCUT2D eigenvalue weighted by atomic mass is 19.2. The molecule has 5 rings (SSSR count). The number of hydrogen-bond acceptors (Lipinski definition) is 6. The van der Waals surface area contributed by atoms with Gasteiger partial charge < -0.3 is 9.80 Å². The summed E-state index contributed by atoms with van der Waals surface area (Å²) in [4.78, 5) is 31.5. The number of nitro groups is 1. The lowest BCUT2D eigenvalue weighted by Crippen LogP contribution is -2.49. The van der Waals surface area contributed by atoms with Crippen LogP contribution in [0.25, 0.3) is 5.69 Å². The van der Waals surface area contributed by atoms with Crippen molar-refractivity contribution in [1.82, 2.24) is 19.7 Å². The summed E-state index contributed by atoms with van der Waals surface area (Å²) in [5, 5.41) is 15.3. The molecule has 0 radical (unpaired) electrons. The maximum Gasteiger partial charge on any atom is 0.287 e. The van der Waals surface area contributed by atoms with Crippen LogP contribution in [0, 0.1) is 21.7 Å². The van der Waals surface area contributed by atoms with Crippen molar-refractivity contribution in [1.29, 1.82) is 0 Å². The molecule has 1 aliphatic carbocycles. The van der Waals surface area contributed by atoms with Crippen LogP contribution in [0.3, 0.4) is 0 Å². The molecule has 3 aromatic rings. The third kappa shape index (κ3) is 3.79. The molecule has 0 bridgehead atoms. The maximum absolute atomic E-state index is 13.8. The molecule has 0 atom stereocenters. The number of fused-ring (bicyclic) bond motifs is 1. The van der Waals surface area contributed by atoms with Crippen LogP contribution >= 0.6 is 0 Å². The van der Waals surface area contributed by atoms with E-state index in [1.807, 2.05) is 4.90 Å². The van der Waals surface area contributed by atoms with Crippen molar-refractivity contribution < 1.29 is 18.5 Å². The molecule has 9 nitrogen and oxygen atoms in total. The molecule has 0 saturated carbocycles. The van der Waals surface area contributed by atoms with Crippen LogP contribution in [0.1, 0.15) is 28.2 Å². The summed E-state index contributed by atoms with van der Waals surface area (Å²) in [6.45, 7) is 1.96. The average molecular weight is 454 g/mol. The van der Waals surface area contributed by atoms with Crippen molar-refractivity contribution in [3.8, 4) is 5.69 Å². The van der Waals surface area contributed by atoms with E-state index in [9.17, 15) is 23.7 Å². The normalized spacial score (nSPS) is 15.6. The summed E-state index contributed by atoms with van der Waals surface area (Å²) in [5.41, 5.74) is 2.40. The lowest BCUT2D eigenvalue weighted by atomic mass is 10.1. The van der Waals surface area contributed by atoms with Gasteiger partial charge in [0, 0.05) is 49.6 Å². The standard InChI is InChI=1S/C22H20F2N6O3/c23-17-6-4-14(12-18(17)24)29-19-3-1-2-16(19)21(26-29)22(31)28-10-8-27(9-11-28)20-7-5-15(13-25-20)30(32)33/h4-7,12-13H,1-3,8-11H2. The number of halogens is 2. The van der Waals surface area contributed by atoms with Crippen molar-refractivity contribution in [3.63, 3.8) is 0 Å². The molecule has 0 N–H and O–H groups in total. The van der Waals surface area contributed by atoms with E-state index in [4.69, 9.17) is 0 Å². The van der Waals surface area contributed by atoms with E-state index in [1.165, 1.54) is 18.3 Å². The number of benzene rings is 1. The van der Waals surface area contributed by atoms with Gasteiger partial charge in [0.1, 0.15) is 12.0 Å². The summed E-state index contributed by atoms with van der Waals surface area (Å²) in [5.74, 6) is -1.46. The zero-order valence-electron chi connectivity index (χ0n) is 17.6. The van der Waals surface area contributed by atoms with E-state index in [1.54, 1.807) is 15.6 Å². The van der Waals surface area contributed by atoms with Crippen molar-refractivity contribution in [3.05, 3.63) is 75.2 Å². The van der Waals surface area contributed by atoms with Crippen molar-refractivity contribution in [2.45, 2.75) is 19.3 Å². The molecule has 2 aromatic heterocycles. The molecule has 0 spiro atoms. The van der Waals surface area contributed by atoms with Gasteiger partial charge in [0.25, 0.3) is 11.6 Å². The average Bonchev–Trinajstić information content (AvgIpc) is 3.44. The maximum atomic E-state index is 13.8. The number of piperazine rings is 1. The van der Waals surface area contributed by atoms with Gasteiger partial charge in [0.15, 0.2) is 17.3 Å². The zero-order valence-corrected chi connectivity index (χ0v) is 17.6. The number of carbonyl (C=O) groups excluding carboxylic acids is 1. The van der Waals surface area contributed by atoms with Gasteiger partial charge in [-0.05, 0) is 37.5 Å². The second-order valence-corrected chi connectivity index (χ2v) is 8.05. The molecule has 11 heteroatoms. The van der Waals surface area contributed by atoms with Gasteiger partial charge >= 0.3 is 0 Å². The fourth-order valence-corrected chi connectivity index (χ4v) is 4.40. The molecule has 170 valence electrons. The second-order valence-electron chi connectivity index (χ2n) is 8.05. The van der Waals surface area contributed by atoms with Gasteiger partial charge in [0.2, 0.25) is 0 Å². The number of nitrogens with zero attached hydrogens (tertiary/aromatic N) is 6. The second kappa shape index (κ2) is 8.23. The van der Waals surface area contributed by atoms with Crippen molar-refractivity contribution in [2.24, 2.45) is 0 Å². The fourth-order valence-electron chi connectivity index (χ4n) is 4.40. The van der Waals surface area contributed by atoms with Crippen LogP contribution in [0.15, 0.2) is 36.5 Å². The van der Waals surface area contributed by atoms with Gasteiger partial charge in [0.05, 0.1) is 10.6 Å². The monoisotopic (exact) mass is 454 g/mol. The van der Waals surface area contributed by atoms with Crippen LogP contribution in [-0.4, -0.2) is 56.7 Å². The molecule has 2 aliphatic rings. The minimum absolute atomic E-state index is 0.0713. The summed E-state index contributed by atoms with van der Waals surface area (Å²) >= 11 is 0. The summed E-state index contributed by atoms with van der Waals surface area (Å²) in [6, 6.07) is 6.61. The number of hydrogen-bond donors (Lipinski definition) is 0. The van der Waals surface area contributed by atoms with E-state index in [-0.39, 0.29) is 11.6 Å². The van der Waals surface area contributed by atoms with Gasteiger partial charge in [-0.15, -0.1) is 0 Å². The first-order chi connectivity index (χ1) is 15.9. The first-order valence-electron chi connectivity index (χ1n) is 10.6. The lowest BCUT2D eigenvalue weighted by Gasteiger charge is -2.35. The Morgan fingerprint density at radius 1 is 1.03 bits per heavy atom. The molecule has 0 unspecified atom stereocenters. The molecule has 1 saturated heterocycles. The molecule has 1 amide bonds. The Labute approximate surface area is 187 Å².